The zero-order valence-electron chi connectivity index (χ0n) is 18.7. The average Bonchev–Trinajstić information content (AvgIpc) is 3.30. The summed E-state index contributed by atoms with van der Waals surface area (Å²) in [6.07, 6.45) is 1.21. The highest BCUT2D eigenvalue weighted by molar-refractivity contribution is 5.94. The number of ether oxygens (including phenoxy) is 2. The molecule has 2 aromatic carbocycles. The zero-order chi connectivity index (χ0) is 23.8. The van der Waals surface area contributed by atoms with Gasteiger partial charge in [-0.15, -0.1) is 0 Å². The van der Waals surface area contributed by atoms with Crippen LogP contribution in [0.25, 0.3) is 0 Å². The van der Waals surface area contributed by atoms with E-state index in [1.54, 1.807) is 43.3 Å². The molecule has 1 heterocycles. The maximum absolute atomic E-state index is 12.6. The first-order valence-corrected chi connectivity index (χ1v) is 10.3. The van der Waals surface area contributed by atoms with Gasteiger partial charge in [-0.25, -0.2) is 4.79 Å². The summed E-state index contributed by atoms with van der Waals surface area (Å²) in [4.78, 5) is 37.7. The molecule has 0 bridgehead atoms. The van der Waals surface area contributed by atoms with Gasteiger partial charge >= 0.3 is 5.97 Å². The lowest BCUT2D eigenvalue weighted by molar-refractivity contribution is -0.110. The molecule has 0 fully saturated rings. The summed E-state index contributed by atoms with van der Waals surface area (Å²) < 4.78 is 10.5. The number of rotatable bonds is 10. The third kappa shape index (κ3) is 6.19. The maximum atomic E-state index is 12.6. The van der Waals surface area contributed by atoms with Crippen molar-refractivity contribution in [1.82, 2.24) is 15.5 Å². The molecule has 0 spiro atoms. The highest BCUT2D eigenvalue weighted by Gasteiger charge is 2.18. The number of nitrogens with zero attached hydrogens (tertiary/aromatic N) is 2. The fraction of sp³-hybridized carbons (Fsp3) is 0.250. The van der Waals surface area contributed by atoms with E-state index < -0.39 is 17.9 Å². The van der Waals surface area contributed by atoms with Gasteiger partial charge in [0.1, 0.15) is 30.4 Å². The Labute approximate surface area is 191 Å². The first kappa shape index (κ1) is 23.5. The molecule has 1 atom stereocenters. The Morgan fingerprint density at radius 1 is 1.15 bits per heavy atom. The third-order valence-electron chi connectivity index (χ3n) is 4.86. The molecule has 33 heavy (non-hydrogen) atoms. The predicted octanol–water partition coefficient (Wildman–Crippen LogP) is 2.23. The molecule has 1 aromatic heterocycles. The van der Waals surface area contributed by atoms with Crippen LogP contribution >= 0.6 is 0 Å². The Kier molecular flexibility index (Phi) is 7.80. The molecule has 172 valence electrons. The van der Waals surface area contributed by atoms with Gasteiger partial charge in [0.25, 0.3) is 5.91 Å². The number of esters is 1. The lowest BCUT2D eigenvalue weighted by atomic mass is 10.1. The fourth-order valence-corrected chi connectivity index (χ4v) is 3.15. The minimum Gasteiger partial charge on any atom is -0.489 e. The molecule has 9 heteroatoms. The van der Waals surface area contributed by atoms with Crippen LogP contribution in [0.1, 0.15) is 32.1 Å². The quantitative estimate of drug-likeness (QED) is 0.360. The van der Waals surface area contributed by atoms with E-state index in [1.165, 1.54) is 7.11 Å². The van der Waals surface area contributed by atoms with Crippen molar-refractivity contribution in [3.8, 4) is 5.75 Å². The van der Waals surface area contributed by atoms with Crippen molar-refractivity contribution in [3.05, 3.63) is 77.1 Å². The number of amides is 1. The van der Waals surface area contributed by atoms with Gasteiger partial charge < -0.3 is 24.5 Å². The van der Waals surface area contributed by atoms with Crippen molar-refractivity contribution in [2.45, 2.75) is 12.5 Å². The van der Waals surface area contributed by atoms with Crippen molar-refractivity contribution in [3.63, 3.8) is 0 Å². The van der Waals surface area contributed by atoms with E-state index in [2.05, 4.69) is 15.5 Å². The lowest BCUT2D eigenvalue weighted by Crippen LogP contribution is -2.40. The Morgan fingerprint density at radius 3 is 2.58 bits per heavy atom. The monoisotopic (exact) mass is 450 g/mol. The average molecular weight is 450 g/mol. The molecule has 2 N–H and O–H groups in total. The van der Waals surface area contributed by atoms with Gasteiger partial charge in [0, 0.05) is 26.2 Å². The van der Waals surface area contributed by atoms with Gasteiger partial charge in [-0.1, -0.05) is 30.3 Å². The summed E-state index contributed by atoms with van der Waals surface area (Å²) in [7, 11) is 4.91. The Balaban J connectivity index is 1.62. The first-order valence-electron chi connectivity index (χ1n) is 10.3. The molecule has 0 aliphatic heterocycles. The van der Waals surface area contributed by atoms with E-state index in [-0.39, 0.29) is 12.3 Å². The van der Waals surface area contributed by atoms with Gasteiger partial charge in [0.15, 0.2) is 0 Å². The number of nitrogens with one attached hydrogen (secondary N) is 2. The number of carbonyl (C=O) groups excluding carboxylic acids is 3. The van der Waals surface area contributed by atoms with Gasteiger partial charge in [0.2, 0.25) is 0 Å². The standard InChI is InChI=1S/C24H26N4O5/c1-28(2)21-12-17(24(31)32-3)9-10-22(21)33-15-19(14-29)25-23(30)20-13-18(26-27-20)11-16-7-5-4-6-8-16/h4-10,12-14,19H,11,15H2,1-3H3,(H,25,30)(H,26,27)/t19-/m1/s1. The number of aromatic amines is 1. The second-order valence-electron chi connectivity index (χ2n) is 7.54. The second-order valence-corrected chi connectivity index (χ2v) is 7.54. The van der Waals surface area contributed by atoms with Gasteiger partial charge in [0.05, 0.1) is 18.4 Å². The van der Waals surface area contributed by atoms with Crippen LogP contribution in [0.4, 0.5) is 5.69 Å². The molecule has 0 unspecified atom stereocenters. The SMILES string of the molecule is COC(=O)c1ccc(OC[C@@H](C=O)NC(=O)c2cc(Cc3ccccc3)[nH]n2)c(N(C)C)c1. The summed E-state index contributed by atoms with van der Waals surface area (Å²) in [5, 5.41) is 9.51. The largest absolute Gasteiger partial charge is 0.489 e. The van der Waals surface area contributed by atoms with Crippen LogP contribution in [0.3, 0.4) is 0 Å². The number of aromatic nitrogens is 2. The number of carbonyl (C=O) groups is 3. The number of benzene rings is 2. The summed E-state index contributed by atoms with van der Waals surface area (Å²) >= 11 is 0. The van der Waals surface area contributed by atoms with Crippen molar-refractivity contribution in [2.24, 2.45) is 0 Å². The van der Waals surface area contributed by atoms with Crippen LogP contribution in [0, 0.1) is 0 Å². The van der Waals surface area contributed by atoms with Crippen molar-refractivity contribution in [1.29, 1.82) is 0 Å². The van der Waals surface area contributed by atoms with Crippen LogP contribution in [-0.4, -0.2) is 62.2 Å². The molecule has 0 radical (unpaired) electrons. The second kappa shape index (κ2) is 10.9. The molecule has 0 aliphatic rings. The fourth-order valence-electron chi connectivity index (χ4n) is 3.15. The Hall–Kier alpha value is -4.14. The zero-order valence-corrected chi connectivity index (χ0v) is 18.7. The Bertz CT molecular complexity index is 1110. The normalized spacial score (nSPS) is 11.4. The number of H-pyrrole nitrogens is 1. The number of methoxy groups -OCH3 is 1. The van der Waals surface area contributed by atoms with Crippen LogP contribution in [0.5, 0.6) is 5.75 Å². The van der Waals surface area contributed by atoms with Crippen molar-refractivity contribution < 1.29 is 23.9 Å². The van der Waals surface area contributed by atoms with E-state index in [0.717, 1.165) is 11.3 Å². The Morgan fingerprint density at radius 2 is 1.91 bits per heavy atom. The molecule has 9 nitrogen and oxygen atoms in total. The van der Waals surface area contributed by atoms with E-state index in [9.17, 15) is 14.4 Å². The lowest BCUT2D eigenvalue weighted by Gasteiger charge is -2.20. The third-order valence-corrected chi connectivity index (χ3v) is 4.86. The molecule has 0 aliphatic carbocycles. The molecule has 0 saturated carbocycles. The van der Waals surface area contributed by atoms with Crippen molar-refractivity contribution in [2.75, 3.05) is 32.7 Å². The molecular weight excluding hydrogens is 424 g/mol. The minimum absolute atomic E-state index is 0.0883. The summed E-state index contributed by atoms with van der Waals surface area (Å²) in [6.45, 7) is -0.0883. The van der Waals surface area contributed by atoms with Gasteiger partial charge in [-0.2, -0.15) is 5.10 Å². The molecule has 0 saturated heterocycles. The van der Waals surface area contributed by atoms with Crippen LogP contribution in [0.15, 0.2) is 54.6 Å². The van der Waals surface area contributed by atoms with Gasteiger partial charge in [-0.05, 0) is 29.8 Å². The summed E-state index contributed by atoms with van der Waals surface area (Å²) in [6, 6.07) is 15.4. The van der Waals surface area contributed by atoms with Crippen molar-refractivity contribution >= 4 is 23.9 Å². The van der Waals surface area contributed by atoms with Crippen LogP contribution < -0.4 is 15.0 Å². The van der Waals surface area contributed by atoms with E-state index in [0.29, 0.717) is 29.7 Å². The van der Waals surface area contributed by atoms with E-state index >= 15 is 0 Å². The smallest absolute Gasteiger partial charge is 0.337 e. The highest BCUT2D eigenvalue weighted by atomic mass is 16.5. The molecule has 1 amide bonds. The van der Waals surface area contributed by atoms with E-state index in [1.807, 2.05) is 30.3 Å². The molecule has 3 aromatic rings. The van der Waals surface area contributed by atoms with Crippen LogP contribution in [-0.2, 0) is 16.0 Å². The maximum Gasteiger partial charge on any atom is 0.337 e. The molecular formula is C24H26N4O5. The molecule has 3 rings (SSSR count). The predicted molar refractivity (Wildman–Crippen MR) is 123 cm³/mol. The number of hydrogen-bond acceptors (Lipinski definition) is 7. The minimum atomic E-state index is -0.887. The highest BCUT2D eigenvalue weighted by Crippen LogP contribution is 2.28. The van der Waals surface area contributed by atoms with Crippen LogP contribution in [0.2, 0.25) is 0 Å². The topological polar surface area (TPSA) is 114 Å². The van der Waals surface area contributed by atoms with Gasteiger partial charge in [-0.3, -0.25) is 9.89 Å². The summed E-state index contributed by atoms with van der Waals surface area (Å²) in [5.74, 6) is -0.493. The number of aldehydes is 1. The first-order chi connectivity index (χ1) is 15.9. The summed E-state index contributed by atoms with van der Waals surface area (Å²) in [5.41, 5.74) is 3.06. The van der Waals surface area contributed by atoms with E-state index in [4.69, 9.17) is 9.47 Å². The number of hydrogen-bond donors (Lipinski definition) is 2. The number of anilines is 1.